The van der Waals surface area contributed by atoms with E-state index in [1.807, 2.05) is 25.3 Å². The number of alkyl halides is 2. The summed E-state index contributed by atoms with van der Waals surface area (Å²) in [4.78, 5) is 17.5. The highest BCUT2D eigenvalue weighted by Gasteiger charge is 2.58. The van der Waals surface area contributed by atoms with Crippen LogP contribution in [0.2, 0.25) is 0 Å². The van der Waals surface area contributed by atoms with E-state index >= 15 is 0 Å². The summed E-state index contributed by atoms with van der Waals surface area (Å²) in [6.45, 7) is 5.32. The molecule has 2 aliphatic heterocycles. The zero-order valence-corrected chi connectivity index (χ0v) is 22.4. The summed E-state index contributed by atoms with van der Waals surface area (Å²) in [6, 6.07) is 9.12. The maximum atomic E-state index is 14.2. The number of carboxylic acids is 1. The minimum absolute atomic E-state index is 0.0877. The van der Waals surface area contributed by atoms with E-state index in [4.69, 9.17) is 9.47 Å². The number of hydrogen-bond donors (Lipinski definition) is 3. The van der Waals surface area contributed by atoms with Gasteiger partial charge in [-0.3, -0.25) is 4.90 Å². The summed E-state index contributed by atoms with van der Waals surface area (Å²) < 4.78 is 39.5. The SMILES string of the molecule is COc1cc(C)c2[nH]ccc2c1CN1CCC2(C[C@@H]1c1ccc(C(=O)O)cc1NCC1COC1)CC(F)(F)C2. The van der Waals surface area contributed by atoms with Gasteiger partial charge in [-0.2, -0.15) is 0 Å². The largest absolute Gasteiger partial charge is 0.496 e. The topological polar surface area (TPSA) is 86.8 Å². The zero-order valence-electron chi connectivity index (χ0n) is 22.4. The maximum absolute atomic E-state index is 14.2. The van der Waals surface area contributed by atoms with Crippen LogP contribution in [0.3, 0.4) is 0 Å². The second-order valence-corrected chi connectivity index (χ2v) is 11.7. The molecule has 2 saturated heterocycles. The van der Waals surface area contributed by atoms with Crippen LogP contribution in [0.1, 0.15) is 58.8 Å². The van der Waals surface area contributed by atoms with Crippen molar-refractivity contribution in [3.63, 3.8) is 0 Å². The number of hydrogen-bond acceptors (Lipinski definition) is 5. The molecule has 1 aliphatic carbocycles. The maximum Gasteiger partial charge on any atom is 0.335 e. The van der Waals surface area contributed by atoms with E-state index in [1.165, 1.54) is 0 Å². The summed E-state index contributed by atoms with van der Waals surface area (Å²) in [5.41, 5.74) is 4.71. The molecule has 1 atom stereocenters. The third kappa shape index (κ3) is 4.87. The number of carboxylic acid groups (broad SMARTS) is 1. The molecular formula is C30H35F2N3O4. The van der Waals surface area contributed by atoms with Crippen LogP contribution in [-0.2, 0) is 11.3 Å². The Morgan fingerprint density at radius 2 is 2.05 bits per heavy atom. The lowest BCUT2D eigenvalue weighted by Gasteiger charge is -2.55. The number of aromatic amines is 1. The first-order chi connectivity index (χ1) is 18.7. The molecule has 0 amide bonds. The molecule has 3 aromatic rings. The second-order valence-electron chi connectivity index (χ2n) is 11.7. The number of fused-ring (bicyclic) bond motifs is 1. The highest BCUT2D eigenvalue weighted by Crippen LogP contribution is 2.61. The van der Waals surface area contributed by atoms with E-state index in [1.54, 1.807) is 19.2 Å². The lowest BCUT2D eigenvalue weighted by Crippen LogP contribution is -2.53. The van der Waals surface area contributed by atoms with Crippen LogP contribution in [0.15, 0.2) is 36.5 Å². The Morgan fingerprint density at radius 3 is 2.72 bits per heavy atom. The number of nitrogens with one attached hydrogen (secondary N) is 2. The predicted molar refractivity (Wildman–Crippen MR) is 145 cm³/mol. The predicted octanol–water partition coefficient (Wildman–Crippen LogP) is 5.99. The quantitative estimate of drug-likeness (QED) is 0.326. The van der Waals surface area contributed by atoms with Crippen molar-refractivity contribution in [1.29, 1.82) is 0 Å². The van der Waals surface area contributed by atoms with Crippen molar-refractivity contribution in [2.75, 3.05) is 38.7 Å². The molecule has 39 heavy (non-hydrogen) atoms. The van der Waals surface area contributed by atoms with E-state index < -0.39 is 17.3 Å². The van der Waals surface area contributed by atoms with Gasteiger partial charge in [0.25, 0.3) is 0 Å². The average Bonchev–Trinajstić information content (AvgIpc) is 3.35. The van der Waals surface area contributed by atoms with Crippen LogP contribution in [-0.4, -0.2) is 60.3 Å². The first-order valence-corrected chi connectivity index (χ1v) is 13.6. The van der Waals surface area contributed by atoms with Gasteiger partial charge in [-0.05, 0) is 67.1 Å². The van der Waals surface area contributed by atoms with Crippen LogP contribution < -0.4 is 10.1 Å². The molecule has 1 aromatic heterocycles. The van der Waals surface area contributed by atoms with Crippen molar-refractivity contribution >= 4 is 22.6 Å². The fourth-order valence-electron chi connectivity index (χ4n) is 6.81. The van der Waals surface area contributed by atoms with Gasteiger partial charge in [0.05, 0.1) is 25.9 Å². The van der Waals surface area contributed by atoms with Gasteiger partial charge in [-0.25, -0.2) is 13.6 Å². The number of aromatic carboxylic acids is 1. The minimum atomic E-state index is -2.61. The molecule has 2 aromatic carbocycles. The average molecular weight is 540 g/mol. The van der Waals surface area contributed by atoms with Gasteiger partial charge < -0.3 is 24.9 Å². The van der Waals surface area contributed by atoms with Crippen molar-refractivity contribution in [2.45, 2.75) is 51.1 Å². The Kier molecular flexibility index (Phi) is 6.54. The monoisotopic (exact) mass is 539 g/mol. The number of methoxy groups -OCH3 is 1. The molecule has 1 spiro atoms. The fourth-order valence-corrected chi connectivity index (χ4v) is 6.81. The van der Waals surface area contributed by atoms with Gasteiger partial charge in [0.2, 0.25) is 5.92 Å². The third-order valence-corrected chi connectivity index (χ3v) is 8.90. The number of aryl methyl sites for hydroxylation is 1. The van der Waals surface area contributed by atoms with Crippen molar-refractivity contribution < 1.29 is 28.2 Å². The Labute approximate surface area is 226 Å². The zero-order chi connectivity index (χ0) is 27.4. The van der Waals surface area contributed by atoms with Gasteiger partial charge in [0.15, 0.2) is 0 Å². The summed E-state index contributed by atoms with van der Waals surface area (Å²) in [5.74, 6) is -2.43. The van der Waals surface area contributed by atoms with Crippen molar-refractivity contribution in [3.8, 4) is 5.75 Å². The molecule has 3 aliphatic rings. The summed E-state index contributed by atoms with van der Waals surface area (Å²) >= 11 is 0. The molecule has 7 nitrogen and oxygen atoms in total. The molecule has 3 heterocycles. The highest BCUT2D eigenvalue weighted by molar-refractivity contribution is 5.89. The molecule has 208 valence electrons. The number of piperidine rings is 1. The first-order valence-electron chi connectivity index (χ1n) is 13.6. The van der Waals surface area contributed by atoms with Gasteiger partial charge in [-0.15, -0.1) is 0 Å². The number of halogens is 2. The highest BCUT2D eigenvalue weighted by atomic mass is 19.3. The number of anilines is 1. The molecule has 3 N–H and O–H groups in total. The van der Waals surface area contributed by atoms with Crippen LogP contribution in [0, 0.1) is 18.3 Å². The number of H-pyrrole nitrogens is 1. The van der Waals surface area contributed by atoms with Crippen LogP contribution in [0.25, 0.3) is 10.9 Å². The fraction of sp³-hybridized carbons (Fsp3) is 0.500. The number of likely N-dealkylation sites (tertiary alicyclic amines) is 1. The standard InChI is InChI=1S/C30H35F2N3O4/c1-18-9-26(38-2)23(21-5-7-33-27(18)21)13-35-8-6-29(16-30(31,32)17-29)11-25(35)22-4-3-20(28(36)37)10-24(22)34-12-19-14-39-15-19/h3-5,7,9-10,19,25,33-34H,6,8,11-17H2,1-2H3,(H,36,37)/t25-/m1/s1. The third-order valence-electron chi connectivity index (χ3n) is 8.90. The van der Waals surface area contributed by atoms with Gasteiger partial charge in [-0.1, -0.05) is 6.07 Å². The van der Waals surface area contributed by atoms with E-state index in [-0.39, 0.29) is 24.4 Å². The number of benzene rings is 2. The Bertz CT molecular complexity index is 1390. The smallest absolute Gasteiger partial charge is 0.335 e. The van der Waals surface area contributed by atoms with E-state index in [9.17, 15) is 18.7 Å². The molecule has 3 fully saturated rings. The van der Waals surface area contributed by atoms with Gasteiger partial charge >= 0.3 is 5.97 Å². The normalized spacial score (nSPS) is 22.4. The Morgan fingerprint density at radius 1 is 1.26 bits per heavy atom. The summed E-state index contributed by atoms with van der Waals surface area (Å²) in [6.07, 6.45) is 3.06. The molecule has 6 rings (SSSR count). The molecule has 0 bridgehead atoms. The van der Waals surface area contributed by atoms with E-state index in [0.29, 0.717) is 51.6 Å². The molecule has 0 radical (unpaired) electrons. The number of carbonyl (C=O) groups is 1. The Hall–Kier alpha value is -3.17. The van der Waals surface area contributed by atoms with Crippen LogP contribution >= 0.6 is 0 Å². The number of ether oxygens (including phenoxy) is 2. The van der Waals surface area contributed by atoms with E-state index in [2.05, 4.69) is 21.3 Å². The van der Waals surface area contributed by atoms with Gasteiger partial charge in [0, 0.05) is 66.2 Å². The molecular weight excluding hydrogens is 504 g/mol. The van der Waals surface area contributed by atoms with E-state index in [0.717, 1.165) is 39.0 Å². The lowest BCUT2D eigenvalue weighted by molar-refractivity contribution is -0.186. The Balaban J connectivity index is 1.39. The van der Waals surface area contributed by atoms with Crippen molar-refractivity contribution in [2.24, 2.45) is 11.3 Å². The van der Waals surface area contributed by atoms with Gasteiger partial charge in [0.1, 0.15) is 5.75 Å². The van der Waals surface area contributed by atoms with Crippen LogP contribution in [0.4, 0.5) is 14.5 Å². The first kappa shape index (κ1) is 26.1. The summed E-state index contributed by atoms with van der Waals surface area (Å²) in [7, 11) is 1.67. The van der Waals surface area contributed by atoms with Crippen LogP contribution in [0.5, 0.6) is 5.75 Å². The second kappa shape index (κ2) is 9.78. The number of nitrogens with zero attached hydrogens (tertiary/aromatic N) is 1. The molecule has 9 heteroatoms. The summed E-state index contributed by atoms with van der Waals surface area (Å²) in [5, 5.41) is 14.2. The van der Waals surface area contributed by atoms with Crippen molar-refractivity contribution in [3.05, 3.63) is 58.8 Å². The number of aromatic nitrogens is 1. The van der Waals surface area contributed by atoms with Crippen molar-refractivity contribution in [1.82, 2.24) is 9.88 Å². The molecule has 1 saturated carbocycles. The lowest BCUT2D eigenvalue weighted by atomic mass is 9.58. The minimum Gasteiger partial charge on any atom is -0.496 e. The molecule has 0 unspecified atom stereocenters. The number of rotatable bonds is 8.